The SMILES string of the molecule is O=C(Nc1nnc(C23CC4CC(CC(C4)C2)C3)s1)c1csc(-c2ccsc2)n1. The first-order valence-corrected chi connectivity index (χ1v) is 12.4. The fourth-order valence-corrected chi connectivity index (χ4v) is 8.39. The van der Waals surface area contributed by atoms with E-state index in [1.807, 2.05) is 22.2 Å². The molecular weight excluding hydrogens is 408 g/mol. The maximum absolute atomic E-state index is 12.6. The lowest BCUT2D eigenvalue weighted by Crippen LogP contribution is -2.48. The normalized spacial score (nSPS) is 30.6. The summed E-state index contributed by atoms with van der Waals surface area (Å²) in [4.78, 5) is 17.1. The Morgan fingerprint density at radius 2 is 1.82 bits per heavy atom. The van der Waals surface area contributed by atoms with Crippen molar-refractivity contribution in [2.45, 2.75) is 43.9 Å². The van der Waals surface area contributed by atoms with E-state index in [0.717, 1.165) is 33.3 Å². The van der Waals surface area contributed by atoms with E-state index in [0.29, 0.717) is 10.8 Å². The van der Waals surface area contributed by atoms with Gasteiger partial charge in [-0.3, -0.25) is 10.1 Å². The third kappa shape index (κ3) is 2.84. The first kappa shape index (κ1) is 17.2. The first-order chi connectivity index (χ1) is 13.7. The predicted molar refractivity (Wildman–Crippen MR) is 113 cm³/mol. The molecule has 4 aliphatic rings. The van der Waals surface area contributed by atoms with Gasteiger partial charge in [0.05, 0.1) is 0 Å². The predicted octanol–water partition coefficient (Wildman–Crippen LogP) is 5.44. The minimum Gasteiger partial charge on any atom is -0.295 e. The summed E-state index contributed by atoms with van der Waals surface area (Å²) in [6.07, 6.45) is 8.03. The van der Waals surface area contributed by atoms with E-state index in [1.165, 1.54) is 49.9 Å². The Hall–Kier alpha value is -1.64. The summed E-state index contributed by atoms with van der Waals surface area (Å²) < 4.78 is 0. The fraction of sp³-hybridized carbons (Fsp3) is 0.500. The van der Waals surface area contributed by atoms with Crippen LogP contribution in [-0.2, 0) is 5.41 Å². The third-order valence-corrected chi connectivity index (χ3v) is 9.30. The lowest BCUT2D eigenvalue weighted by Gasteiger charge is -2.55. The maximum atomic E-state index is 12.6. The first-order valence-electron chi connectivity index (χ1n) is 9.80. The van der Waals surface area contributed by atoms with Gasteiger partial charge in [-0.05, 0) is 67.7 Å². The molecule has 0 atom stereocenters. The molecule has 0 spiro atoms. The van der Waals surface area contributed by atoms with Crippen molar-refractivity contribution in [3.63, 3.8) is 0 Å². The van der Waals surface area contributed by atoms with E-state index in [4.69, 9.17) is 0 Å². The van der Waals surface area contributed by atoms with Gasteiger partial charge in [0, 0.05) is 21.7 Å². The summed E-state index contributed by atoms with van der Waals surface area (Å²) >= 11 is 4.69. The Bertz CT molecular complexity index is 987. The molecule has 1 N–H and O–H groups in total. The minimum absolute atomic E-state index is 0.203. The lowest BCUT2D eigenvalue weighted by atomic mass is 9.50. The molecule has 8 heteroatoms. The van der Waals surface area contributed by atoms with Crippen LogP contribution in [-0.4, -0.2) is 21.1 Å². The molecule has 3 aromatic heterocycles. The van der Waals surface area contributed by atoms with Crippen LogP contribution in [0.4, 0.5) is 5.13 Å². The van der Waals surface area contributed by atoms with Crippen LogP contribution in [0.1, 0.15) is 54.0 Å². The molecule has 4 bridgehead atoms. The lowest BCUT2D eigenvalue weighted by molar-refractivity contribution is -0.00555. The minimum atomic E-state index is -0.203. The highest BCUT2D eigenvalue weighted by molar-refractivity contribution is 7.15. The summed E-state index contributed by atoms with van der Waals surface area (Å²) in [6, 6.07) is 2.02. The van der Waals surface area contributed by atoms with Crippen LogP contribution in [0, 0.1) is 17.8 Å². The molecule has 0 aliphatic heterocycles. The van der Waals surface area contributed by atoms with Gasteiger partial charge < -0.3 is 0 Å². The second kappa shape index (κ2) is 6.43. The molecule has 4 saturated carbocycles. The van der Waals surface area contributed by atoms with Crippen molar-refractivity contribution >= 4 is 45.0 Å². The average molecular weight is 429 g/mol. The van der Waals surface area contributed by atoms with E-state index in [1.54, 1.807) is 22.7 Å². The second-order valence-corrected chi connectivity index (χ2v) is 11.2. The number of thiazole rings is 1. The van der Waals surface area contributed by atoms with E-state index in [2.05, 4.69) is 20.5 Å². The molecule has 144 valence electrons. The van der Waals surface area contributed by atoms with Gasteiger partial charge in [-0.25, -0.2) is 4.98 Å². The Balaban J connectivity index is 1.20. The van der Waals surface area contributed by atoms with Gasteiger partial charge >= 0.3 is 0 Å². The summed E-state index contributed by atoms with van der Waals surface area (Å²) in [6.45, 7) is 0. The van der Waals surface area contributed by atoms with E-state index >= 15 is 0 Å². The highest BCUT2D eigenvalue weighted by Gasteiger charge is 2.53. The number of hydrogen-bond donors (Lipinski definition) is 1. The van der Waals surface area contributed by atoms with Crippen molar-refractivity contribution in [2.75, 3.05) is 5.32 Å². The number of carbonyl (C=O) groups is 1. The van der Waals surface area contributed by atoms with Crippen LogP contribution in [0.15, 0.2) is 22.2 Å². The van der Waals surface area contributed by atoms with Crippen molar-refractivity contribution in [1.82, 2.24) is 15.2 Å². The van der Waals surface area contributed by atoms with Gasteiger partial charge in [0.15, 0.2) is 0 Å². The number of amides is 1. The molecule has 1 amide bonds. The van der Waals surface area contributed by atoms with Gasteiger partial charge in [-0.15, -0.1) is 21.5 Å². The largest absolute Gasteiger partial charge is 0.295 e. The molecule has 28 heavy (non-hydrogen) atoms. The van der Waals surface area contributed by atoms with Crippen molar-refractivity contribution in [3.05, 3.63) is 32.9 Å². The van der Waals surface area contributed by atoms with Crippen LogP contribution < -0.4 is 5.32 Å². The molecule has 3 heterocycles. The maximum Gasteiger partial charge on any atom is 0.276 e. The smallest absolute Gasteiger partial charge is 0.276 e. The zero-order chi connectivity index (χ0) is 18.7. The molecule has 0 unspecified atom stereocenters. The van der Waals surface area contributed by atoms with Crippen molar-refractivity contribution in [1.29, 1.82) is 0 Å². The average Bonchev–Trinajstić information content (AvgIpc) is 3.41. The van der Waals surface area contributed by atoms with Crippen LogP contribution in [0.5, 0.6) is 0 Å². The number of nitrogens with zero attached hydrogens (tertiary/aromatic N) is 3. The van der Waals surface area contributed by atoms with E-state index < -0.39 is 0 Å². The zero-order valence-electron chi connectivity index (χ0n) is 15.3. The number of nitrogens with one attached hydrogen (secondary N) is 1. The number of hydrogen-bond acceptors (Lipinski definition) is 7. The topological polar surface area (TPSA) is 67.8 Å². The molecule has 4 aliphatic carbocycles. The Morgan fingerprint density at radius 1 is 1.07 bits per heavy atom. The van der Waals surface area contributed by atoms with Gasteiger partial charge in [0.25, 0.3) is 5.91 Å². The Labute approximate surface area is 175 Å². The summed E-state index contributed by atoms with van der Waals surface area (Å²) in [5.41, 5.74) is 1.73. The number of aromatic nitrogens is 3. The van der Waals surface area contributed by atoms with Crippen molar-refractivity contribution in [3.8, 4) is 10.6 Å². The number of anilines is 1. The van der Waals surface area contributed by atoms with Gasteiger partial charge in [0.1, 0.15) is 15.7 Å². The number of thiophene rings is 1. The van der Waals surface area contributed by atoms with Gasteiger partial charge in [0.2, 0.25) is 5.13 Å². The standard InChI is InChI=1S/C20H20N4OS3/c25-16(15-10-27-17(21-15)14-1-2-26-9-14)22-19-24-23-18(28-19)20-6-11-3-12(7-20)5-13(4-11)8-20/h1-2,9-13H,3-8H2,(H,22,24,25). The number of rotatable bonds is 4. The molecule has 0 aromatic carbocycles. The quantitative estimate of drug-likeness (QED) is 0.600. The van der Waals surface area contributed by atoms with E-state index in [9.17, 15) is 4.79 Å². The monoisotopic (exact) mass is 428 g/mol. The molecule has 0 saturated heterocycles. The van der Waals surface area contributed by atoms with Crippen LogP contribution >= 0.6 is 34.0 Å². The highest BCUT2D eigenvalue weighted by Crippen LogP contribution is 2.61. The van der Waals surface area contributed by atoms with E-state index in [-0.39, 0.29) is 11.3 Å². The second-order valence-electron chi connectivity index (χ2n) is 8.61. The summed E-state index contributed by atoms with van der Waals surface area (Å²) in [7, 11) is 0. The molecule has 3 aromatic rings. The van der Waals surface area contributed by atoms with Crippen LogP contribution in [0.3, 0.4) is 0 Å². The van der Waals surface area contributed by atoms with Crippen LogP contribution in [0.25, 0.3) is 10.6 Å². The van der Waals surface area contributed by atoms with Gasteiger partial charge in [-0.2, -0.15) is 11.3 Å². The number of carbonyl (C=O) groups excluding carboxylic acids is 1. The zero-order valence-corrected chi connectivity index (χ0v) is 17.7. The molecular formula is C20H20N4OS3. The summed E-state index contributed by atoms with van der Waals surface area (Å²) in [5.74, 6) is 2.42. The third-order valence-electron chi connectivity index (χ3n) is 6.64. The van der Waals surface area contributed by atoms with Crippen molar-refractivity contribution < 1.29 is 4.79 Å². The molecule has 7 rings (SSSR count). The van der Waals surface area contributed by atoms with Crippen molar-refractivity contribution in [2.24, 2.45) is 17.8 Å². The van der Waals surface area contributed by atoms with Crippen LogP contribution in [0.2, 0.25) is 0 Å². The fourth-order valence-electron chi connectivity index (χ4n) is 5.92. The Kier molecular flexibility index (Phi) is 3.96. The molecule has 4 fully saturated rings. The molecule has 5 nitrogen and oxygen atoms in total. The summed E-state index contributed by atoms with van der Waals surface area (Å²) in [5, 5.41) is 20.2. The van der Waals surface area contributed by atoms with Gasteiger partial charge in [-0.1, -0.05) is 11.3 Å². The highest BCUT2D eigenvalue weighted by atomic mass is 32.1. The molecule has 0 radical (unpaired) electrons. The Morgan fingerprint density at radius 3 is 2.50 bits per heavy atom.